The quantitative estimate of drug-likeness (QED) is 0.634. The molecule has 0 bridgehead atoms. The lowest BCUT2D eigenvalue weighted by molar-refractivity contribution is -0.137. The van der Waals surface area contributed by atoms with Crippen LogP contribution in [0.25, 0.3) is 0 Å². The molecule has 3 nitrogen and oxygen atoms in total. The number of carboxylic acids is 1. The first kappa shape index (κ1) is 10.4. The molecule has 0 amide bonds. The average Bonchev–Trinajstić information content (AvgIpc) is 1.82. The molecule has 0 radical (unpaired) electrons. The van der Waals surface area contributed by atoms with Crippen LogP contribution in [-0.4, -0.2) is 17.1 Å². The Morgan fingerprint density at radius 1 is 1.55 bits per heavy atom. The third-order valence-electron chi connectivity index (χ3n) is 1.50. The van der Waals surface area contributed by atoms with E-state index >= 15 is 0 Å². The number of carboxylic acid groups (broad SMARTS) is 1. The Morgan fingerprint density at radius 2 is 2.09 bits per heavy atom. The Balaban J connectivity index is 3.37. The largest absolute Gasteiger partial charge is 0.481 e. The number of hydrogen-bond acceptors (Lipinski definition) is 2. The van der Waals surface area contributed by atoms with Crippen molar-refractivity contribution in [3.63, 3.8) is 0 Å². The fourth-order valence-electron chi connectivity index (χ4n) is 1.03. The van der Waals surface area contributed by atoms with Gasteiger partial charge in [0.25, 0.3) is 0 Å². The zero-order valence-electron chi connectivity index (χ0n) is 7.21. The van der Waals surface area contributed by atoms with Crippen LogP contribution in [0.1, 0.15) is 33.1 Å². The molecular formula is C8H17NO2. The fraction of sp³-hybridized carbons (Fsp3) is 0.875. The summed E-state index contributed by atoms with van der Waals surface area (Å²) in [6, 6.07) is 0.0473. The molecule has 1 unspecified atom stereocenters. The normalized spacial score (nSPS) is 13.5. The van der Waals surface area contributed by atoms with Crippen LogP contribution in [-0.2, 0) is 4.79 Å². The third-order valence-corrected chi connectivity index (χ3v) is 1.50. The van der Waals surface area contributed by atoms with Gasteiger partial charge in [0, 0.05) is 12.5 Å². The van der Waals surface area contributed by atoms with Gasteiger partial charge in [-0.3, -0.25) is 4.79 Å². The molecule has 0 aromatic carbocycles. The maximum Gasteiger partial charge on any atom is 0.303 e. The van der Waals surface area contributed by atoms with E-state index in [1.807, 2.05) is 0 Å². The summed E-state index contributed by atoms with van der Waals surface area (Å²) in [5.41, 5.74) is 5.66. The van der Waals surface area contributed by atoms with Gasteiger partial charge >= 0.3 is 5.97 Å². The molecule has 3 N–H and O–H groups in total. The van der Waals surface area contributed by atoms with Gasteiger partial charge in [0.1, 0.15) is 0 Å². The third kappa shape index (κ3) is 7.33. The van der Waals surface area contributed by atoms with Crippen LogP contribution in [0.2, 0.25) is 0 Å². The van der Waals surface area contributed by atoms with Crippen molar-refractivity contribution in [2.24, 2.45) is 11.7 Å². The van der Waals surface area contributed by atoms with Crippen LogP contribution >= 0.6 is 0 Å². The van der Waals surface area contributed by atoms with Gasteiger partial charge in [-0.1, -0.05) is 13.8 Å². The van der Waals surface area contributed by atoms with E-state index in [1.54, 1.807) is 0 Å². The minimum atomic E-state index is -0.760. The van der Waals surface area contributed by atoms with E-state index in [4.69, 9.17) is 10.8 Å². The lowest BCUT2D eigenvalue weighted by atomic mass is 10.0. The van der Waals surface area contributed by atoms with Crippen molar-refractivity contribution in [2.45, 2.75) is 39.2 Å². The van der Waals surface area contributed by atoms with Gasteiger partial charge in [-0.25, -0.2) is 0 Å². The predicted molar refractivity (Wildman–Crippen MR) is 44.3 cm³/mol. The van der Waals surface area contributed by atoms with Gasteiger partial charge in [-0.05, 0) is 18.8 Å². The second-order valence-electron chi connectivity index (χ2n) is 3.32. The summed E-state index contributed by atoms with van der Waals surface area (Å²) in [6.07, 6.45) is 1.69. The van der Waals surface area contributed by atoms with Crippen molar-refractivity contribution in [3.8, 4) is 0 Å². The van der Waals surface area contributed by atoms with E-state index in [9.17, 15) is 4.79 Å². The van der Waals surface area contributed by atoms with E-state index in [-0.39, 0.29) is 12.5 Å². The minimum absolute atomic E-state index is 0.0473. The van der Waals surface area contributed by atoms with E-state index in [1.165, 1.54) is 0 Å². The molecule has 0 aromatic heterocycles. The van der Waals surface area contributed by atoms with E-state index in [0.717, 1.165) is 6.42 Å². The highest BCUT2D eigenvalue weighted by Crippen LogP contribution is 2.06. The number of aliphatic carboxylic acids is 1. The molecule has 0 aliphatic carbocycles. The van der Waals surface area contributed by atoms with Crippen LogP contribution in [0.5, 0.6) is 0 Å². The van der Waals surface area contributed by atoms with Crippen LogP contribution in [0.4, 0.5) is 0 Å². The van der Waals surface area contributed by atoms with Gasteiger partial charge in [-0.2, -0.15) is 0 Å². The molecular weight excluding hydrogens is 142 g/mol. The molecule has 0 saturated carbocycles. The molecule has 0 heterocycles. The Morgan fingerprint density at radius 3 is 2.45 bits per heavy atom. The Kier molecular flexibility index (Phi) is 4.86. The highest BCUT2D eigenvalue weighted by atomic mass is 16.4. The summed E-state index contributed by atoms with van der Waals surface area (Å²) >= 11 is 0. The number of nitrogens with two attached hydrogens (primary N) is 1. The monoisotopic (exact) mass is 159 g/mol. The zero-order valence-corrected chi connectivity index (χ0v) is 7.21. The van der Waals surface area contributed by atoms with Crippen molar-refractivity contribution in [2.75, 3.05) is 0 Å². The molecule has 0 saturated heterocycles. The molecule has 11 heavy (non-hydrogen) atoms. The van der Waals surface area contributed by atoms with Gasteiger partial charge in [0.05, 0.1) is 0 Å². The molecule has 0 aromatic rings. The average molecular weight is 159 g/mol. The van der Waals surface area contributed by atoms with Crippen molar-refractivity contribution >= 4 is 5.97 Å². The van der Waals surface area contributed by atoms with Crippen LogP contribution in [0.3, 0.4) is 0 Å². The summed E-state index contributed by atoms with van der Waals surface area (Å²) in [5.74, 6) is -0.206. The number of hydrogen-bond donors (Lipinski definition) is 2. The maximum atomic E-state index is 10.1. The summed E-state index contributed by atoms with van der Waals surface area (Å²) < 4.78 is 0. The van der Waals surface area contributed by atoms with Gasteiger partial charge in [-0.15, -0.1) is 0 Å². The molecule has 0 rings (SSSR count). The van der Waals surface area contributed by atoms with E-state index in [2.05, 4.69) is 13.8 Å². The summed E-state index contributed by atoms with van der Waals surface area (Å²) in [5, 5.41) is 8.34. The maximum absolute atomic E-state index is 10.1. The SMILES string of the molecule is CC(C)CC(N)CCC(=O)O. The Bertz CT molecular complexity index is 123. The first-order valence-electron chi connectivity index (χ1n) is 3.99. The number of carbonyl (C=O) groups is 1. The van der Waals surface area contributed by atoms with E-state index in [0.29, 0.717) is 12.3 Å². The zero-order chi connectivity index (χ0) is 8.85. The van der Waals surface area contributed by atoms with Crippen molar-refractivity contribution < 1.29 is 9.90 Å². The summed E-state index contributed by atoms with van der Waals surface area (Å²) in [4.78, 5) is 10.1. The van der Waals surface area contributed by atoms with Crippen LogP contribution < -0.4 is 5.73 Å². The van der Waals surface area contributed by atoms with Crippen LogP contribution in [0, 0.1) is 5.92 Å². The smallest absolute Gasteiger partial charge is 0.303 e. The van der Waals surface area contributed by atoms with Crippen molar-refractivity contribution in [1.29, 1.82) is 0 Å². The summed E-state index contributed by atoms with van der Waals surface area (Å²) in [6.45, 7) is 4.17. The van der Waals surface area contributed by atoms with Crippen molar-refractivity contribution in [3.05, 3.63) is 0 Å². The molecule has 66 valence electrons. The Labute approximate surface area is 67.6 Å². The predicted octanol–water partition coefficient (Wildman–Crippen LogP) is 1.22. The molecule has 0 fully saturated rings. The highest BCUT2D eigenvalue weighted by molar-refractivity contribution is 5.66. The van der Waals surface area contributed by atoms with E-state index < -0.39 is 5.97 Å². The van der Waals surface area contributed by atoms with Gasteiger partial charge in [0.2, 0.25) is 0 Å². The first-order valence-corrected chi connectivity index (χ1v) is 3.99. The second-order valence-corrected chi connectivity index (χ2v) is 3.32. The van der Waals surface area contributed by atoms with Crippen LogP contribution in [0.15, 0.2) is 0 Å². The van der Waals surface area contributed by atoms with Crippen molar-refractivity contribution in [1.82, 2.24) is 0 Å². The summed E-state index contributed by atoms with van der Waals surface area (Å²) in [7, 11) is 0. The Hall–Kier alpha value is -0.570. The standard InChI is InChI=1S/C8H17NO2/c1-6(2)5-7(9)3-4-8(10)11/h6-7H,3-5,9H2,1-2H3,(H,10,11). The number of rotatable bonds is 5. The molecule has 1 atom stereocenters. The highest BCUT2D eigenvalue weighted by Gasteiger charge is 2.07. The second kappa shape index (κ2) is 5.13. The molecule has 0 aliphatic heterocycles. The lowest BCUT2D eigenvalue weighted by Gasteiger charge is -2.11. The lowest BCUT2D eigenvalue weighted by Crippen LogP contribution is -2.22. The van der Waals surface area contributed by atoms with Gasteiger partial charge < -0.3 is 10.8 Å². The fourth-order valence-corrected chi connectivity index (χ4v) is 1.03. The molecule has 0 aliphatic rings. The molecule has 3 heteroatoms. The first-order chi connectivity index (χ1) is 5.02. The molecule has 0 spiro atoms. The topological polar surface area (TPSA) is 63.3 Å². The van der Waals surface area contributed by atoms with Gasteiger partial charge in [0.15, 0.2) is 0 Å². The minimum Gasteiger partial charge on any atom is -0.481 e.